The molecule has 0 aliphatic heterocycles. The monoisotopic (exact) mass is 351 g/mol. The van der Waals surface area contributed by atoms with Gasteiger partial charge in [-0.1, -0.05) is 37.3 Å². The Hall–Kier alpha value is -2.02. The highest BCUT2D eigenvalue weighted by Crippen LogP contribution is 2.28. The molecule has 0 saturated carbocycles. The zero-order valence-electron chi connectivity index (χ0n) is 13.9. The molecule has 1 heterocycles. The molecule has 5 nitrogen and oxygen atoms in total. The zero-order valence-corrected chi connectivity index (χ0v) is 14.7. The van der Waals surface area contributed by atoms with Crippen LogP contribution in [0.1, 0.15) is 50.5 Å². The molecule has 2 aromatic rings. The van der Waals surface area contributed by atoms with Gasteiger partial charge in [-0.15, -0.1) is 10.2 Å². The van der Waals surface area contributed by atoms with E-state index in [9.17, 15) is 9.18 Å². The van der Waals surface area contributed by atoms with Crippen LogP contribution < -0.4 is 10.1 Å². The van der Waals surface area contributed by atoms with Gasteiger partial charge in [0, 0.05) is 12.3 Å². The van der Waals surface area contributed by atoms with Crippen LogP contribution in [-0.2, 0) is 4.79 Å². The summed E-state index contributed by atoms with van der Waals surface area (Å²) in [6.07, 6.45) is 2.80. The maximum atomic E-state index is 13.4. The van der Waals surface area contributed by atoms with E-state index >= 15 is 0 Å². The van der Waals surface area contributed by atoms with E-state index in [2.05, 4.69) is 29.4 Å². The molecule has 1 amide bonds. The number of hydrogen-bond acceptors (Lipinski definition) is 5. The number of rotatable bonds is 9. The molecule has 7 heteroatoms. The van der Waals surface area contributed by atoms with E-state index in [-0.39, 0.29) is 24.7 Å². The summed E-state index contributed by atoms with van der Waals surface area (Å²) in [7, 11) is 0. The van der Waals surface area contributed by atoms with Gasteiger partial charge in [-0.3, -0.25) is 4.79 Å². The zero-order chi connectivity index (χ0) is 17.4. The lowest BCUT2D eigenvalue weighted by atomic mass is 10.1. The Morgan fingerprint density at radius 3 is 2.75 bits per heavy atom. The molecule has 0 aliphatic carbocycles. The van der Waals surface area contributed by atoms with Crippen molar-refractivity contribution < 1.29 is 13.9 Å². The number of para-hydroxylation sites is 1. The first-order chi connectivity index (χ1) is 11.6. The smallest absolute Gasteiger partial charge is 0.226 e. The molecule has 24 heavy (non-hydrogen) atoms. The lowest BCUT2D eigenvalue weighted by Crippen LogP contribution is -2.12. The summed E-state index contributed by atoms with van der Waals surface area (Å²) < 4.78 is 18.7. The van der Waals surface area contributed by atoms with E-state index in [0.29, 0.717) is 17.5 Å². The third-order valence-electron chi connectivity index (χ3n) is 3.66. The minimum atomic E-state index is -0.398. The maximum absolute atomic E-state index is 13.4. The topological polar surface area (TPSA) is 64.1 Å². The van der Waals surface area contributed by atoms with Gasteiger partial charge in [0.25, 0.3) is 0 Å². The number of ether oxygens (including phenoxy) is 1. The third kappa shape index (κ3) is 5.26. The largest absolute Gasteiger partial charge is 0.491 e. The second-order valence-electron chi connectivity index (χ2n) is 5.39. The van der Waals surface area contributed by atoms with Crippen molar-refractivity contribution >= 4 is 22.4 Å². The summed E-state index contributed by atoms with van der Waals surface area (Å²) in [5.41, 5.74) is 0. The predicted molar refractivity (Wildman–Crippen MR) is 93.0 cm³/mol. The van der Waals surface area contributed by atoms with Gasteiger partial charge in [0.1, 0.15) is 5.01 Å². The third-order valence-corrected chi connectivity index (χ3v) is 4.67. The molecular weight excluding hydrogens is 329 g/mol. The molecule has 0 aliphatic rings. The molecule has 130 valence electrons. The number of benzene rings is 1. The number of carbonyl (C=O) groups is 1. The highest BCUT2D eigenvalue weighted by atomic mass is 32.1. The fourth-order valence-corrected chi connectivity index (χ4v) is 3.27. The lowest BCUT2D eigenvalue weighted by Gasteiger charge is -2.07. The molecule has 0 radical (unpaired) electrons. The quantitative estimate of drug-likeness (QED) is 0.681. The second-order valence-corrected chi connectivity index (χ2v) is 6.40. The Balaban J connectivity index is 1.73. The van der Waals surface area contributed by atoms with Crippen LogP contribution in [-0.4, -0.2) is 22.7 Å². The van der Waals surface area contributed by atoms with E-state index in [1.165, 1.54) is 17.4 Å². The summed E-state index contributed by atoms with van der Waals surface area (Å²) in [6.45, 7) is 4.51. The summed E-state index contributed by atoms with van der Waals surface area (Å²) in [5, 5.41) is 12.4. The number of hydrogen-bond donors (Lipinski definition) is 1. The van der Waals surface area contributed by atoms with Crippen LogP contribution >= 0.6 is 11.3 Å². The van der Waals surface area contributed by atoms with Crippen molar-refractivity contribution in [2.75, 3.05) is 11.9 Å². The summed E-state index contributed by atoms with van der Waals surface area (Å²) >= 11 is 1.42. The average molecular weight is 351 g/mol. The molecule has 1 aromatic carbocycles. The number of aromatic nitrogens is 2. The van der Waals surface area contributed by atoms with Gasteiger partial charge in [0.2, 0.25) is 11.0 Å². The van der Waals surface area contributed by atoms with Gasteiger partial charge in [0.15, 0.2) is 11.6 Å². The van der Waals surface area contributed by atoms with E-state index in [4.69, 9.17) is 4.74 Å². The lowest BCUT2D eigenvalue weighted by molar-refractivity contribution is -0.116. The minimum Gasteiger partial charge on any atom is -0.491 e. The fraction of sp³-hybridized carbons (Fsp3) is 0.471. The van der Waals surface area contributed by atoms with Crippen molar-refractivity contribution in [1.29, 1.82) is 0 Å². The SMILES string of the molecule is CCC(CC)c1nnc(NC(=O)CCCOc2ccccc2F)s1. The predicted octanol–water partition coefficient (Wildman–Crippen LogP) is 4.38. The van der Waals surface area contributed by atoms with Crippen LogP contribution in [0.4, 0.5) is 9.52 Å². The summed E-state index contributed by atoms with van der Waals surface area (Å²) in [5.74, 6) is 0.0586. The first-order valence-corrected chi connectivity index (χ1v) is 8.96. The molecule has 0 saturated heterocycles. The highest BCUT2D eigenvalue weighted by molar-refractivity contribution is 7.15. The number of halogens is 1. The van der Waals surface area contributed by atoms with Crippen LogP contribution in [0.5, 0.6) is 5.75 Å². The Kier molecular flexibility index (Phi) is 7.11. The van der Waals surface area contributed by atoms with Crippen molar-refractivity contribution in [3.8, 4) is 5.75 Å². The van der Waals surface area contributed by atoms with Crippen molar-refractivity contribution in [2.45, 2.75) is 45.4 Å². The molecule has 0 unspecified atom stereocenters. The van der Waals surface area contributed by atoms with Crippen molar-refractivity contribution in [3.05, 3.63) is 35.1 Å². The van der Waals surface area contributed by atoms with E-state index in [0.717, 1.165) is 17.8 Å². The molecule has 0 spiro atoms. The van der Waals surface area contributed by atoms with Gasteiger partial charge >= 0.3 is 0 Å². The van der Waals surface area contributed by atoms with E-state index in [1.54, 1.807) is 18.2 Å². The molecule has 2 rings (SSSR count). The van der Waals surface area contributed by atoms with Crippen LogP contribution in [0.15, 0.2) is 24.3 Å². The number of nitrogens with one attached hydrogen (secondary N) is 1. The summed E-state index contributed by atoms with van der Waals surface area (Å²) in [4.78, 5) is 11.9. The van der Waals surface area contributed by atoms with Crippen molar-refractivity contribution in [2.24, 2.45) is 0 Å². The Bertz CT molecular complexity index is 659. The number of anilines is 1. The van der Waals surface area contributed by atoms with Gasteiger partial charge < -0.3 is 10.1 Å². The van der Waals surface area contributed by atoms with Crippen LogP contribution in [0, 0.1) is 5.82 Å². The van der Waals surface area contributed by atoms with Crippen molar-refractivity contribution in [3.63, 3.8) is 0 Å². The molecule has 0 fully saturated rings. The van der Waals surface area contributed by atoms with Gasteiger partial charge in [-0.2, -0.15) is 0 Å². The van der Waals surface area contributed by atoms with Gasteiger partial charge in [-0.25, -0.2) is 4.39 Å². The highest BCUT2D eigenvalue weighted by Gasteiger charge is 2.14. The fourth-order valence-electron chi connectivity index (χ4n) is 2.25. The maximum Gasteiger partial charge on any atom is 0.226 e. The first kappa shape index (κ1) is 18.3. The van der Waals surface area contributed by atoms with Gasteiger partial charge in [0.05, 0.1) is 6.61 Å². The Labute approximate surface area is 145 Å². The number of carbonyl (C=O) groups excluding carboxylic acids is 1. The standard InChI is InChI=1S/C17H22FN3O2S/c1-3-12(4-2)16-20-21-17(24-16)19-15(22)10-7-11-23-14-9-6-5-8-13(14)18/h5-6,8-9,12H,3-4,7,10-11H2,1-2H3,(H,19,21,22). The second kappa shape index (κ2) is 9.32. The Morgan fingerprint density at radius 2 is 2.04 bits per heavy atom. The molecule has 0 bridgehead atoms. The summed E-state index contributed by atoms with van der Waals surface area (Å²) in [6, 6.07) is 6.22. The normalized spacial score (nSPS) is 10.8. The Morgan fingerprint density at radius 1 is 1.29 bits per heavy atom. The van der Waals surface area contributed by atoms with Crippen LogP contribution in [0.2, 0.25) is 0 Å². The average Bonchev–Trinajstić information content (AvgIpc) is 3.02. The number of nitrogens with zero attached hydrogens (tertiary/aromatic N) is 2. The molecule has 1 aromatic heterocycles. The molecular formula is C17H22FN3O2S. The van der Waals surface area contributed by atoms with Crippen molar-refractivity contribution in [1.82, 2.24) is 10.2 Å². The van der Waals surface area contributed by atoms with E-state index < -0.39 is 5.82 Å². The molecule has 0 atom stereocenters. The van der Waals surface area contributed by atoms with Crippen LogP contribution in [0.3, 0.4) is 0 Å². The minimum absolute atomic E-state index is 0.139. The van der Waals surface area contributed by atoms with E-state index in [1.807, 2.05) is 0 Å². The number of amides is 1. The van der Waals surface area contributed by atoms with Gasteiger partial charge in [-0.05, 0) is 31.4 Å². The first-order valence-electron chi connectivity index (χ1n) is 8.14. The van der Waals surface area contributed by atoms with Crippen LogP contribution in [0.25, 0.3) is 0 Å². The molecule has 1 N–H and O–H groups in total.